The summed E-state index contributed by atoms with van der Waals surface area (Å²) in [6, 6.07) is 0. The van der Waals surface area contributed by atoms with Gasteiger partial charge in [-0.2, -0.15) is 0 Å². The second-order valence-corrected chi connectivity index (χ2v) is 14.6. The van der Waals surface area contributed by atoms with Gasteiger partial charge in [0.1, 0.15) is 17.3 Å². The van der Waals surface area contributed by atoms with Crippen LogP contribution in [0.25, 0.3) is 0 Å². The number of fused-ring (bicyclic) bond motifs is 7. The van der Waals surface area contributed by atoms with Crippen molar-refractivity contribution in [3.05, 3.63) is 0 Å². The molecule has 7 nitrogen and oxygen atoms in total. The normalized spacial score (nSPS) is 51.5. The first-order chi connectivity index (χ1) is 17.6. The Kier molecular flexibility index (Phi) is 6.21. The topological polar surface area (TPSA) is 118 Å². The molecule has 5 fully saturated rings. The summed E-state index contributed by atoms with van der Waals surface area (Å²) in [7, 11) is 0. The number of carboxylic acid groups (broad SMARTS) is 2. The van der Waals surface area contributed by atoms with Crippen LogP contribution in [0.15, 0.2) is 0 Å². The summed E-state index contributed by atoms with van der Waals surface area (Å²) in [5, 5.41) is 21.0. The number of carbonyl (C=O) groups excluding carboxylic acids is 2. The van der Waals surface area contributed by atoms with Crippen LogP contribution in [0.5, 0.6) is 0 Å². The number of ketones is 1. The Morgan fingerprint density at radius 3 is 1.97 bits per heavy atom. The molecular weight excluding hydrogens is 484 g/mol. The van der Waals surface area contributed by atoms with Crippen molar-refractivity contribution in [1.82, 2.24) is 0 Å². The van der Waals surface area contributed by atoms with Gasteiger partial charge >= 0.3 is 17.9 Å². The third-order valence-electron chi connectivity index (χ3n) is 13.8. The Bertz CT molecular complexity index is 1070. The minimum Gasteiger partial charge on any atom is -0.481 e. The molecule has 7 heteroatoms. The summed E-state index contributed by atoms with van der Waals surface area (Å²) in [6.45, 7) is 11.8. The van der Waals surface area contributed by atoms with E-state index in [1.807, 2.05) is 0 Å². The Hall–Kier alpha value is -1.92. The van der Waals surface area contributed by atoms with Crippen LogP contribution in [0.1, 0.15) is 106 Å². The number of ether oxygens (including phenoxy) is 1. The molecule has 0 saturated heterocycles. The van der Waals surface area contributed by atoms with Crippen molar-refractivity contribution in [2.75, 3.05) is 0 Å². The predicted octanol–water partition coefficient (Wildman–Crippen LogP) is 5.74. The number of hydrogen-bond acceptors (Lipinski definition) is 5. The van der Waals surface area contributed by atoms with E-state index < -0.39 is 34.8 Å². The summed E-state index contributed by atoms with van der Waals surface area (Å²) < 4.78 is 5.64. The first-order valence-corrected chi connectivity index (χ1v) is 14.7. The standard InChI is InChI=1S/C31H46O7/c1-17(32)19-9-14-31(26(36)37)16-15-28(4)20(24(19)31)7-8-21-27(3)12-11-23(38-18(2)33)30(6,25(34)35)22(27)10-13-29(21,28)5/h19-24H,7-16H2,1-6H3,(H,34,35)(H,36,37)/t19?,20-,21+,22+,23?,24+,27-,28-,29-,30+,31+/m1/s1. The van der Waals surface area contributed by atoms with Gasteiger partial charge in [0.25, 0.3) is 0 Å². The Morgan fingerprint density at radius 2 is 1.39 bits per heavy atom. The quantitative estimate of drug-likeness (QED) is 0.445. The monoisotopic (exact) mass is 530 g/mol. The molecule has 0 amide bonds. The van der Waals surface area contributed by atoms with Crippen LogP contribution in [0.4, 0.5) is 0 Å². The SMILES string of the molecule is CC(=O)OC1CC[C@@]2(C)[C@H](CC[C@]3(C)[C@H]2CC[C@@H]2[C@@H]4C(C(C)=O)CC[C@]4(C(=O)O)CC[C@]23C)[C@]1(C)C(=O)O. The Balaban J connectivity index is 1.55. The lowest BCUT2D eigenvalue weighted by atomic mass is 9.32. The molecule has 0 aliphatic heterocycles. The highest BCUT2D eigenvalue weighted by Crippen LogP contribution is 2.77. The molecule has 0 heterocycles. The van der Waals surface area contributed by atoms with E-state index in [1.54, 1.807) is 13.8 Å². The molecule has 5 saturated carbocycles. The van der Waals surface area contributed by atoms with Crippen molar-refractivity contribution in [2.45, 2.75) is 112 Å². The predicted molar refractivity (Wildman–Crippen MR) is 140 cm³/mol. The van der Waals surface area contributed by atoms with Gasteiger partial charge in [0.05, 0.1) is 5.41 Å². The van der Waals surface area contributed by atoms with E-state index in [4.69, 9.17) is 4.74 Å². The summed E-state index contributed by atoms with van der Waals surface area (Å²) in [4.78, 5) is 50.3. The van der Waals surface area contributed by atoms with Crippen LogP contribution >= 0.6 is 0 Å². The van der Waals surface area contributed by atoms with Gasteiger partial charge < -0.3 is 14.9 Å². The molecule has 38 heavy (non-hydrogen) atoms. The number of rotatable bonds is 4. The number of carboxylic acids is 2. The Labute approximate surface area is 226 Å². The van der Waals surface area contributed by atoms with Gasteiger partial charge in [-0.05, 0) is 118 Å². The highest BCUT2D eigenvalue weighted by atomic mass is 16.5. The summed E-state index contributed by atoms with van der Waals surface area (Å²) in [5.74, 6) is -1.86. The average molecular weight is 531 g/mol. The minimum atomic E-state index is -1.14. The molecule has 0 aromatic carbocycles. The molecule has 11 atom stereocenters. The van der Waals surface area contributed by atoms with Crippen molar-refractivity contribution in [2.24, 2.45) is 56.7 Å². The summed E-state index contributed by atoms with van der Waals surface area (Å²) in [6.07, 6.45) is 6.89. The second kappa shape index (κ2) is 8.54. The van der Waals surface area contributed by atoms with Crippen LogP contribution < -0.4 is 0 Å². The van der Waals surface area contributed by atoms with Gasteiger partial charge in [-0.15, -0.1) is 0 Å². The zero-order valence-electron chi connectivity index (χ0n) is 24.0. The molecule has 0 spiro atoms. The lowest BCUT2D eigenvalue weighted by Gasteiger charge is -2.72. The second-order valence-electron chi connectivity index (χ2n) is 14.6. The van der Waals surface area contributed by atoms with Gasteiger partial charge in [-0.25, -0.2) is 0 Å². The molecule has 0 bridgehead atoms. The van der Waals surface area contributed by atoms with Crippen LogP contribution in [0, 0.1) is 56.7 Å². The van der Waals surface area contributed by atoms with E-state index in [0.29, 0.717) is 31.6 Å². The molecule has 5 aliphatic carbocycles. The number of esters is 1. The maximum atomic E-state index is 12.8. The number of aliphatic carboxylic acids is 2. The Morgan fingerprint density at radius 1 is 0.711 bits per heavy atom. The first-order valence-electron chi connectivity index (χ1n) is 14.7. The fourth-order valence-corrected chi connectivity index (χ4v) is 11.8. The molecule has 2 N–H and O–H groups in total. The van der Waals surface area contributed by atoms with Gasteiger partial charge in [0.15, 0.2) is 0 Å². The van der Waals surface area contributed by atoms with E-state index in [2.05, 4.69) is 20.8 Å². The minimum absolute atomic E-state index is 0.0799. The van der Waals surface area contributed by atoms with Gasteiger partial charge in [-0.1, -0.05) is 20.8 Å². The van der Waals surface area contributed by atoms with Crippen molar-refractivity contribution >= 4 is 23.7 Å². The molecular formula is C31H46O7. The lowest BCUT2D eigenvalue weighted by molar-refractivity contribution is -0.253. The van der Waals surface area contributed by atoms with E-state index in [0.717, 1.165) is 38.5 Å². The molecule has 5 rings (SSSR count). The van der Waals surface area contributed by atoms with Crippen molar-refractivity contribution in [1.29, 1.82) is 0 Å². The molecule has 2 unspecified atom stereocenters. The van der Waals surface area contributed by atoms with Crippen molar-refractivity contribution in [3.8, 4) is 0 Å². The third-order valence-corrected chi connectivity index (χ3v) is 13.8. The highest BCUT2D eigenvalue weighted by molar-refractivity contribution is 5.83. The van der Waals surface area contributed by atoms with Crippen molar-refractivity contribution < 1.29 is 34.1 Å². The summed E-state index contributed by atoms with van der Waals surface area (Å²) in [5.41, 5.74) is -2.36. The largest absolute Gasteiger partial charge is 0.481 e. The van der Waals surface area contributed by atoms with Crippen LogP contribution in [0.3, 0.4) is 0 Å². The zero-order chi connectivity index (χ0) is 28.1. The fourth-order valence-electron chi connectivity index (χ4n) is 11.8. The third kappa shape index (κ3) is 3.25. The van der Waals surface area contributed by atoms with Crippen LogP contribution in [-0.4, -0.2) is 40.0 Å². The van der Waals surface area contributed by atoms with Gasteiger partial charge in [0, 0.05) is 12.8 Å². The molecule has 0 aromatic rings. The smallest absolute Gasteiger partial charge is 0.313 e. The van der Waals surface area contributed by atoms with Gasteiger partial charge in [0.2, 0.25) is 0 Å². The average Bonchev–Trinajstić information content (AvgIpc) is 3.22. The lowest BCUT2D eigenvalue weighted by Crippen LogP contribution is -2.68. The highest BCUT2D eigenvalue weighted by Gasteiger charge is 2.73. The van der Waals surface area contributed by atoms with E-state index in [9.17, 15) is 29.4 Å². The van der Waals surface area contributed by atoms with E-state index >= 15 is 0 Å². The maximum absolute atomic E-state index is 12.8. The molecule has 0 aromatic heterocycles. The fraction of sp³-hybridized carbons (Fsp3) is 0.871. The van der Waals surface area contributed by atoms with Crippen LogP contribution in [0.2, 0.25) is 0 Å². The van der Waals surface area contributed by atoms with Crippen LogP contribution in [-0.2, 0) is 23.9 Å². The number of hydrogen-bond donors (Lipinski definition) is 2. The molecule has 5 aliphatic rings. The number of carbonyl (C=O) groups is 4. The van der Waals surface area contributed by atoms with Gasteiger partial charge in [-0.3, -0.25) is 19.2 Å². The number of Topliss-reactive ketones (excluding diaryl/α,β-unsaturated/α-hetero) is 1. The molecule has 0 radical (unpaired) electrons. The van der Waals surface area contributed by atoms with Crippen molar-refractivity contribution in [3.63, 3.8) is 0 Å². The maximum Gasteiger partial charge on any atom is 0.313 e. The summed E-state index contributed by atoms with van der Waals surface area (Å²) >= 11 is 0. The van der Waals surface area contributed by atoms with E-state index in [1.165, 1.54) is 6.92 Å². The zero-order valence-corrected chi connectivity index (χ0v) is 24.0. The van der Waals surface area contributed by atoms with E-state index in [-0.39, 0.29) is 45.7 Å². The first kappa shape index (κ1) is 27.6. The molecule has 212 valence electrons.